The zero-order valence-electron chi connectivity index (χ0n) is 24.0. The number of alkyl halides is 3. The molecular formula is C30H35F3N4O5. The summed E-state index contributed by atoms with van der Waals surface area (Å²) in [4.78, 5) is 33.7. The Kier molecular flexibility index (Phi) is 10.9. The Morgan fingerprint density at radius 1 is 1.00 bits per heavy atom. The van der Waals surface area contributed by atoms with Crippen LogP contribution < -0.4 is 5.32 Å². The van der Waals surface area contributed by atoms with Crippen molar-refractivity contribution in [1.29, 1.82) is 0 Å². The monoisotopic (exact) mass is 588 g/mol. The average molecular weight is 589 g/mol. The second kappa shape index (κ2) is 14.1. The molecule has 0 unspecified atom stereocenters. The number of aryl methyl sites for hydroxylation is 2. The quantitative estimate of drug-likeness (QED) is 0.284. The molecular weight excluding hydrogens is 553 g/mol. The summed E-state index contributed by atoms with van der Waals surface area (Å²) >= 11 is 0. The van der Waals surface area contributed by atoms with E-state index in [0.29, 0.717) is 11.3 Å². The lowest BCUT2D eigenvalue weighted by Crippen LogP contribution is -2.38. The van der Waals surface area contributed by atoms with Gasteiger partial charge in [0.1, 0.15) is 5.60 Å². The fourth-order valence-electron chi connectivity index (χ4n) is 4.08. The first-order valence-corrected chi connectivity index (χ1v) is 13.3. The molecule has 0 fully saturated rings. The van der Waals surface area contributed by atoms with Crippen LogP contribution >= 0.6 is 0 Å². The number of carbonyl (C=O) groups excluding carboxylic acids is 2. The van der Waals surface area contributed by atoms with Gasteiger partial charge in [0.05, 0.1) is 31.4 Å². The molecule has 1 amide bonds. The maximum atomic E-state index is 13.8. The summed E-state index contributed by atoms with van der Waals surface area (Å²) in [5, 5.41) is 12.3. The van der Waals surface area contributed by atoms with E-state index in [-0.39, 0.29) is 50.6 Å². The third-order valence-corrected chi connectivity index (χ3v) is 6.09. The molecule has 3 rings (SSSR count). The number of nitrogens with one attached hydrogen (secondary N) is 1. The molecule has 0 aliphatic heterocycles. The second-order valence-corrected chi connectivity index (χ2v) is 10.5. The Bertz CT molecular complexity index is 1360. The van der Waals surface area contributed by atoms with Crippen molar-refractivity contribution in [3.05, 3.63) is 82.7 Å². The predicted molar refractivity (Wildman–Crippen MR) is 150 cm³/mol. The van der Waals surface area contributed by atoms with Crippen molar-refractivity contribution in [2.75, 3.05) is 25.6 Å². The van der Waals surface area contributed by atoms with E-state index in [0.717, 1.165) is 17.3 Å². The van der Waals surface area contributed by atoms with Crippen LogP contribution in [-0.4, -0.2) is 57.9 Å². The van der Waals surface area contributed by atoms with Gasteiger partial charge in [-0.15, -0.1) is 0 Å². The maximum absolute atomic E-state index is 13.8. The van der Waals surface area contributed by atoms with Gasteiger partial charge in [0, 0.05) is 25.0 Å². The summed E-state index contributed by atoms with van der Waals surface area (Å²) in [5.74, 6) is -0.451. The Balaban J connectivity index is 1.76. The number of aromatic nitrogens is 2. The molecule has 2 N–H and O–H groups in total. The molecule has 1 heterocycles. The number of amides is 1. The molecule has 2 aromatic carbocycles. The second-order valence-electron chi connectivity index (χ2n) is 10.5. The van der Waals surface area contributed by atoms with E-state index >= 15 is 0 Å². The Morgan fingerprint density at radius 2 is 1.67 bits per heavy atom. The van der Waals surface area contributed by atoms with Gasteiger partial charge in [0.15, 0.2) is 0 Å². The van der Waals surface area contributed by atoms with E-state index in [1.807, 2.05) is 0 Å². The highest BCUT2D eigenvalue weighted by molar-refractivity contribution is 5.73. The number of nitrogens with zero attached hydrogens (tertiary/aromatic N) is 3. The van der Waals surface area contributed by atoms with Crippen LogP contribution in [0.5, 0.6) is 0 Å². The molecule has 9 nitrogen and oxygen atoms in total. The number of carbonyl (C=O) groups is 2. The fraction of sp³-hybridized carbons (Fsp3) is 0.400. The Hall–Kier alpha value is -4.19. The molecule has 42 heavy (non-hydrogen) atoms. The highest BCUT2D eigenvalue weighted by Crippen LogP contribution is 2.32. The molecule has 3 aromatic rings. The first kappa shape index (κ1) is 32.3. The smallest absolute Gasteiger partial charge is 0.419 e. The summed E-state index contributed by atoms with van der Waals surface area (Å²) in [5.41, 5.74) is 0.877. The molecule has 0 bridgehead atoms. The van der Waals surface area contributed by atoms with Gasteiger partial charge >= 0.3 is 18.2 Å². The number of aliphatic hydroxyl groups excluding tert-OH is 1. The topological polar surface area (TPSA) is 114 Å². The summed E-state index contributed by atoms with van der Waals surface area (Å²) < 4.78 is 51.4. The predicted octanol–water partition coefficient (Wildman–Crippen LogP) is 5.47. The number of hydrogen-bond donors (Lipinski definition) is 2. The Labute approximate surface area is 242 Å². The molecule has 12 heteroatoms. The summed E-state index contributed by atoms with van der Waals surface area (Å²) in [6.07, 6.45) is -4.24. The van der Waals surface area contributed by atoms with Crippen molar-refractivity contribution < 1.29 is 37.3 Å². The van der Waals surface area contributed by atoms with Gasteiger partial charge in [-0.3, -0.25) is 4.79 Å². The standard InChI is InChI=1S/C30H35F3N4O5/c1-29(2,3)42-28(40)37(15-16-38)19-20-9-12-23(13-10-20)35-27-34-18-24(30(31,32)33)25(36-27)14-11-21-7-5-6-8-22(21)17-26(39)41-4/h5-10,12-13,18,38H,11,14-17,19H2,1-4H3,(H,34,35,36). The number of aliphatic hydroxyl groups is 1. The minimum Gasteiger partial charge on any atom is -0.469 e. The van der Waals surface area contributed by atoms with E-state index in [1.165, 1.54) is 12.0 Å². The first-order chi connectivity index (χ1) is 19.8. The largest absolute Gasteiger partial charge is 0.469 e. The lowest BCUT2D eigenvalue weighted by molar-refractivity contribution is -0.140. The van der Waals surface area contributed by atoms with Gasteiger partial charge < -0.3 is 24.8 Å². The number of anilines is 2. The van der Waals surface area contributed by atoms with Crippen molar-refractivity contribution >= 4 is 23.7 Å². The van der Waals surface area contributed by atoms with Gasteiger partial charge in [-0.2, -0.15) is 13.2 Å². The molecule has 0 aliphatic rings. The molecule has 226 valence electrons. The summed E-state index contributed by atoms with van der Waals surface area (Å²) in [7, 11) is 1.28. The third-order valence-electron chi connectivity index (χ3n) is 6.09. The van der Waals surface area contributed by atoms with Gasteiger partial charge in [0.25, 0.3) is 0 Å². The van der Waals surface area contributed by atoms with Gasteiger partial charge in [-0.25, -0.2) is 14.8 Å². The molecule has 0 spiro atoms. The molecule has 0 saturated heterocycles. The molecule has 0 saturated carbocycles. The normalized spacial score (nSPS) is 11.6. The number of halogens is 3. The lowest BCUT2D eigenvalue weighted by Gasteiger charge is -2.27. The molecule has 0 atom stereocenters. The van der Waals surface area contributed by atoms with Crippen LogP contribution in [0.3, 0.4) is 0 Å². The van der Waals surface area contributed by atoms with Crippen molar-refractivity contribution in [2.45, 2.75) is 58.4 Å². The fourth-order valence-corrected chi connectivity index (χ4v) is 4.08. The highest BCUT2D eigenvalue weighted by atomic mass is 19.4. The lowest BCUT2D eigenvalue weighted by atomic mass is 9.98. The number of methoxy groups -OCH3 is 1. The SMILES string of the molecule is COC(=O)Cc1ccccc1CCc1nc(Nc2ccc(CN(CCO)C(=O)OC(C)(C)C)cc2)ncc1C(F)(F)F. The van der Waals surface area contributed by atoms with Crippen LogP contribution in [0, 0.1) is 0 Å². The van der Waals surface area contributed by atoms with Crippen LogP contribution in [-0.2, 0) is 46.3 Å². The zero-order valence-corrected chi connectivity index (χ0v) is 24.0. The number of benzene rings is 2. The van der Waals surface area contributed by atoms with Gasteiger partial charge in [-0.05, 0) is 62.4 Å². The molecule has 0 aliphatic carbocycles. The molecule has 0 radical (unpaired) electrons. The number of hydrogen-bond acceptors (Lipinski definition) is 8. The van der Waals surface area contributed by atoms with Crippen molar-refractivity contribution in [3.8, 4) is 0 Å². The highest BCUT2D eigenvalue weighted by Gasteiger charge is 2.35. The molecule has 1 aromatic heterocycles. The van der Waals surface area contributed by atoms with Gasteiger partial charge in [0.2, 0.25) is 5.95 Å². The van der Waals surface area contributed by atoms with Crippen LogP contribution in [0.2, 0.25) is 0 Å². The van der Waals surface area contributed by atoms with Crippen molar-refractivity contribution in [2.24, 2.45) is 0 Å². The zero-order chi connectivity index (χ0) is 30.9. The van der Waals surface area contributed by atoms with E-state index in [2.05, 4.69) is 15.3 Å². The first-order valence-electron chi connectivity index (χ1n) is 13.3. The Morgan fingerprint density at radius 3 is 2.26 bits per heavy atom. The minimum atomic E-state index is -4.64. The van der Waals surface area contributed by atoms with Crippen molar-refractivity contribution in [3.63, 3.8) is 0 Å². The van der Waals surface area contributed by atoms with E-state index in [4.69, 9.17) is 9.47 Å². The van der Waals surface area contributed by atoms with E-state index in [1.54, 1.807) is 69.3 Å². The van der Waals surface area contributed by atoms with Crippen LogP contribution in [0.4, 0.5) is 29.6 Å². The van der Waals surface area contributed by atoms with Crippen LogP contribution in [0.25, 0.3) is 0 Å². The van der Waals surface area contributed by atoms with Crippen molar-refractivity contribution in [1.82, 2.24) is 14.9 Å². The minimum absolute atomic E-state index is 0.00995. The number of esters is 1. The average Bonchev–Trinajstić information content (AvgIpc) is 2.91. The number of ether oxygens (including phenoxy) is 2. The van der Waals surface area contributed by atoms with Gasteiger partial charge in [-0.1, -0.05) is 36.4 Å². The maximum Gasteiger partial charge on any atom is 0.419 e. The van der Waals surface area contributed by atoms with Crippen LogP contribution in [0.15, 0.2) is 54.7 Å². The van der Waals surface area contributed by atoms with Crippen LogP contribution in [0.1, 0.15) is 48.7 Å². The summed E-state index contributed by atoms with van der Waals surface area (Å²) in [6, 6.07) is 13.9. The van der Waals surface area contributed by atoms with E-state index in [9.17, 15) is 27.9 Å². The number of rotatable bonds is 11. The third kappa shape index (κ3) is 9.72. The summed E-state index contributed by atoms with van der Waals surface area (Å²) in [6.45, 7) is 5.30. The van der Waals surface area contributed by atoms with E-state index < -0.39 is 29.4 Å².